The third-order valence-corrected chi connectivity index (χ3v) is 7.60. The fraction of sp³-hybridized carbons (Fsp3) is 0.118. The summed E-state index contributed by atoms with van der Waals surface area (Å²) >= 11 is 1.35. The van der Waals surface area contributed by atoms with Crippen LogP contribution in [0, 0.1) is 6.92 Å². The molecule has 2 aromatic heterocycles. The minimum atomic E-state index is -0.550. The first-order chi connectivity index (χ1) is 21.8. The third kappa shape index (κ3) is 8.09. The molecule has 0 aliphatic carbocycles. The summed E-state index contributed by atoms with van der Waals surface area (Å²) in [7, 11) is 1.58. The fourth-order valence-corrected chi connectivity index (χ4v) is 5.10. The minimum absolute atomic E-state index is 0.0170. The molecular formula is C34H30N4O6S. The van der Waals surface area contributed by atoms with Crippen LogP contribution < -0.4 is 20.7 Å². The first kappa shape index (κ1) is 30.9. The highest BCUT2D eigenvalue weighted by molar-refractivity contribution is 8.00. The van der Waals surface area contributed by atoms with Gasteiger partial charge in [0.15, 0.2) is 5.82 Å². The maximum absolute atomic E-state index is 13.5. The Morgan fingerprint density at radius 1 is 0.911 bits per heavy atom. The van der Waals surface area contributed by atoms with Gasteiger partial charge in [-0.05, 0) is 74.5 Å². The number of aryl methyl sites for hydroxylation is 1. The number of para-hydroxylation sites is 1. The lowest BCUT2D eigenvalue weighted by atomic mass is 10.1. The predicted octanol–water partition coefficient (Wildman–Crippen LogP) is 6.78. The third-order valence-electron chi connectivity index (χ3n) is 6.49. The summed E-state index contributed by atoms with van der Waals surface area (Å²) in [6.07, 6.45) is 1.47. The van der Waals surface area contributed by atoms with Crippen LogP contribution >= 0.6 is 11.8 Å². The van der Waals surface area contributed by atoms with Crippen molar-refractivity contribution < 1.29 is 28.1 Å². The highest BCUT2D eigenvalue weighted by Crippen LogP contribution is 2.31. The van der Waals surface area contributed by atoms with E-state index in [1.807, 2.05) is 24.3 Å². The molecule has 0 saturated carbocycles. The number of rotatable bonds is 11. The van der Waals surface area contributed by atoms with Crippen LogP contribution in [-0.4, -0.2) is 35.2 Å². The lowest BCUT2D eigenvalue weighted by Gasteiger charge is -2.13. The van der Waals surface area contributed by atoms with Crippen molar-refractivity contribution in [3.8, 4) is 17.1 Å². The lowest BCUT2D eigenvalue weighted by Crippen LogP contribution is -2.30. The first-order valence-corrected chi connectivity index (χ1v) is 14.8. The number of aromatic nitrogens is 1. The Morgan fingerprint density at radius 2 is 1.64 bits per heavy atom. The molecule has 10 nitrogen and oxygen atoms in total. The molecule has 3 amide bonds. The molecule has 11 heteroatoms. The average molecular weight is 623 g/mol. The topological polar surface area (TPSA) is 136 Å². The largest absolute Gasteiger partial charge is 0.496 e. The summed E-state index contributed by atoms with van der Waals surface area (Å²) in [5, 5.41) is 11.6. The van der Waals surface area contributed by atoms with Crippen molar-refractivity contribution in [3.63, 3.8) is 0 Å². The Hall–Kier alpha value is -5.55. The van der Waals surface area contributed by atoms with E-state index in [2.05, 4.69) is 21.1 Å². The molecule has 0 spiro atoms. The van der Waals surface area contributed by atoms with Crippen LogP contribution in [0.3, 0.4) is 0 Å². The minimum Gasteiger partial charge on any atom is -0.496 e. The number of carbonyl (C=O) groups excluding carboxylic acids is 3. The fourth-order valence-electron chi connectivity index (χ4n) is 4.23. The van der Waals surface area contributed by atoms with Gasteiger partial charge in [-0.3, -0.25) is 14.4 Å². The van der Waals surface area contributed by atoms with Crippen molar-refractivity contribution in [2.75, 3.05) is 17.7 Å². The van der Waals surface area contributed by atoms with Gasteiger partial charge in [0.25, 0.3) is 11.8 Å². The van der Waals surface area contributed by atoms with Gasteiger partial charge in [0, 0.05) is 28.3 Å². The van der Waals surface area contributed by atoms with Crippen molar-refractivity contribution in [3.05, 3.63) is 120 Å². The molecule has 0 unspecified atom stereocenters. The van der Waals surface area contributed by atoms with E-state index in [1.54, 1.807) is 93.8 Å². The number of hydrogen-bond donors (Lipinski definition) is 3. The molecule has 5 rings (SSSR count). The van der Waals surface area contributed by atoms with Gasteiger partial charge >= 0.3 is 0 Å². The van der Waals surface area contributed by atoms with Crippen LogP contribution in [0.1, 0.15) is 28.8 Å². The molecule has 0 fully saturated rings. The molecule has 0 bridgehead atoms. The Bertz CT molecular complexity index is 1830. The van der Waals surface area contributed by atoms with E-state index in [0.717, 1.165) is 10.5 Å². The summed E-state index contributed by atoms with van der Waals surface area (Å²) in [5.74, 6) is 1.27. The second-order valence-electron chi connectivity index (χ2n) is 9.83. The van der Waals surface area contributed by atoms with Crippen molar-refractivity contribution in [1.82, 2.24) is 10.5 Å². The Labute approximate surface area is 263 Å². The highest BCUT2D eigenvalue weighted by atomic mass is 32.2. The molecule has 45 heavy (non-hydrogen) atoms. The van der Waals surface area contributed by atoms with Crippen LogP contribution in [0.15, 0.2) is 117 Å². The van der Waals surface area contributed by atoms with Crippen molar-refractivity contribution >= 4 is 47.1 Å². The Balaban J connectivity index is 1.30. The van der Waals surface area contributed by atoms with Gasteiger partial charge in [-0.2, -0.15) is 0 Å². The zero-order chi connectivity index (χ0) is 31.8. The maximum atomic E-state index is 13.5. The summed E-state index contributed by atoms with van der Waals surface area (Å²) in [6, 6.07) is 28.1. The molecule has 0 radical (unpaired) electrons. The van der Waals surface area contributed by atoms with Crippen molar-refractivity contribution in [2.45, 2.75) is 24.0 Å². The number of ether oxygens (including phenoxy) is 1. The SMILES string of the molecule is COc1ccccc1-c1ccc(/C=C(/NC(=O)c2ccccc2)C(=O)Nc2ccc(S[C@@H](C)C(=O)Nc3cc(C)on3)cc2)o1. The van der Waals surface area contributed by atoms with E-state index in [4.69, 9.17) is 13.7 Å². The standard InChI is InChI=1S/C34H30N4O6S/c1-21-19-31(38-44-21)37-32(39)22(2)45-26-16-13-24(14-17-26)35-34(41)28(36-33(40)23-9-5-4-6-10-23)20-25-15-18-30(43-25)27-11-7-8-12-29(27)42-3/h4-20,22H,1-3H3,(H,35,41)(H,36,40)(H,37,38,39)/b28-20+/t22-/m0/s1. The van der Waals surface area contributed by atoms with E-state index in [1.165, 1.54) is 17.8 Å². The molecule has 5 aromatic rings. The zero-order valence-corrected chi connectivity index (χ0v) is 25.5. The van der Waals surface area contributed by atoms with Gasteiger partial charge in [-0.25, -0.2) is 0 Å². The van der Waals surface area contributed by atoms with Crippen LogP contribution in [-0.2, 0) is 9.59 Å². The number of carbonyl (C=O) groups is 3. The number of anilines is 2. The Kier molecular flexibility index (Phi) is 9.80. The van der Waals surface area contributed by atoms with Gasteiger partial charge in [0.05, 0.1) is 17.9 Å². The number of thioether (sulfide) groups is 1. The van der Waals surface area contributed by atoms with E-state index in [0.29, 0.717) is 40.1 Å². The molecule has 0 aliphatic heterocycles. The molecule has 1 atom stereocenters. The van der Waals surface area contributed by atoms with E-state index >= 15 is 0 Å². The summed E-state index contributed by atoms with van der Waals surface area (Å²) in [6.45, 7) is 3.52. The number of nitrogens with zero attached hydrogens (tertiary/aromatic N) is 1. The number of methoxy groups -OCH3 is 1. The van der Waals surface area contributed by atoms with Gasteiger partial charge < -0.3 is 29.6 Å². The average Bonchev–Trinajstić information content (AvgIpc) is 3.70. The van der Waals surface area contributed by atoms with Crippen LogP contribution in [0.5, 0.6) is 5.75 Å². The molecule has 3 aromatic carbocycles. The van der Waals surface area contributed by atoms with Crippen LogP contribution in [0.2, 0.25) is 0 Å². The molecule has 0 saturated heterocycles. The molecule has 228 valence electrons. The predicted molar refractivity (Wildman–Crippen MR) is 173 cm³/mol. The maximum Gasteiger partial charge on any atom is 0.272 e. The summed E-state index contributed by atoms with van der Waals surface area (Å²) in [5.41, 5.74) is 1.62. The smallest absolute Gasteiger partial charge is 0.272 e. The molecule has 0 aliphatic rings. The summed E-state index contributed by atoms with van der Waals surface area (Å²) < 4.78 is 16.4. The number of benzene rings is 3. The van der Waals surface area contributed by atoms with Gasteiger partial charge in [-0.15, -0.1) is 11.8 Å². The summed E-state index contributed by atoms with van der Waals surface area (Å²) in [4.78, 5) is 39.8. The lowest BCUT2D eigenvalue weighted by molar-refractivity contribution is -0.115. The van der Waals surface area contributed by atoms with Crippen molar-refractivity contribution in [2.24, 2.45) is 0 Å². The highest BCUT2D eigenvalue weighted by Gasteiger charge is 2.19. The molecule has 2 heterocycles. The zero-order valence-electron chi connectivity index (χ0n) is 24.7. The second-order valence-corrected chi connectivity index (χ2v) is 11.2. The second kappa shape index (κ2) is 14.3. The monoisotopic (exact) mass is 622 g/mol. The van der Waals surface area contributed by atoms with Crippen LogP contribution in [0.4, 0.5) is 11.5 Å². The number of nitrogens with one attached hydrogen (secondary N) is 3. The Morgan fingerprint density at radius 3 is 2.36 bits per heavy atom. The van der Waals surface area contributed by atoms with Gasteiger partial charge in [0.2, 0.25) is 5.91 Å². The van der Waals surface area contributed by atoms with Crippen LogP contribution in [0.25, 0.3) is 17.4 Å². The number of hydrogen-bond acceptors (Lipinski definition) is 8. The number of amides is 3. The van der Waals surface area contributed by atoms with E-state index in [9.17, 15) is 14.4 Å². The molecule has 3 N–H and O–H groups in total. The normalized spacial score (nSPS) is 11.8. The van der Waals surface area contributed by atoms with Crippen molar-refractivity contribution in [1.29, 1.82) is 0 Å². The van der Waals surface area contributed by atoms with Gasteiger partial charge in [-0.1, -0.05) is 35.5 Å². The molecular weight excluding hydrogens is 592 g/mol. The van der Waals surface area contributed by atoms with Gasteiger partial charge in [0.1, 0.15) is 28.7 Å². The van der Waals surface area contributed by atoms with E-state index < -0.39 is 17.1 Å². The number of furan rings is 1. The van der Waals surface area contributed by atoms with E-state index in [-0.39, 0.29) is 11.6 Å². The quantitative estimate of drug-likeness (QED) is 0.108. The first-order valence-electron chi connectivity index (χ1n) is 13.9.